The largest absolute Gasteiger partial charge is 0.481 e. The maximum absolute atomic E-state index is 5.07. The van der Waals surface area contributed by atoms with E-state index in [0.717, 1.165) is 12.6 Å². The van der Waals surface area contributed by atoms with Gasteiger partial charge in [0.15, 0.2) is 0 Å². The van der Waals surface area contributed by atoms with Gasteiger partial charge in [0, 0.05) is 30.9 Å². The van der Waals surface area contributed by atoms with Crippen molar-refractivity contribution >= 4 is 0 Å². The van der Waals surface area contributed by atoms with E-state index in [0.29, 0.717) is 11.9 Å². The predicted molar refractivity (Wildman–Crippen MR) is 75.2 cm³/mol. The number of hydrogen-bond acceptors (Lipinski definition) is 4. The molecule has 104 valence electrons. The highest BCUT2D eigenvalue weighted by atomic mass is 16.5. The minimum Gasteiger partial charge on any atom is -0.481 e. The van der Waals surface area contributed by atoms with Gasteiger partial charge in [-0.25, -0.2) is 4.98 Å². The number of fused-ring (bicyclic) bond motifs is 1. The molecule has 2 saturated heterocycles. The van der Waals surface area contributed by atoms with Crippen molar-refractivity contribution in [1.82, 2.24) is 15.2 Å². The molecule has 1 aromatic rings. The summed E-state index contributed by atoms with van der Waals surface area (Å²) in [6.07, 6.45) is 7.27. The molecule has 1 aromatic heterocycles. The summed E-state index contributed by atoms with van der Waals surface area (Å²) in [5.41, 5.74) is 1.23. The highest BCUT2D eigenvalue weighted by Gasteiger charge is 2.31. The predicted octanol–water partition coefficient (Wildman–Crippen LogP) is 1.81. The Morgan fingerprint density at radius 2 is 2.32 bits per heavy atom. The zero-order valence-corrected chi connectivity index (χ0v) is 11.6. The van der Waals surface area contributed by atoms with Crippen LogP contribution in [-0.2, 0) is 6.54 Å². The molecule has 2 aliphatic heterocycles. The van der Waals surface area contributed by atoms with Crippen LogP contribution in [0.3, 0.4) is 0 Å². The highest BCUT2D eigenvalue weighted by Crippen LogP contribution is 2.26. The molecule has 0 bridgehead atoms. The van der Waals surface area contributed by atoms with Crippen molar-refractivity contribution in [2.75, 3.05) is 20.2 Å². The first-order valence-corrected chi connectivity index (χ1v) is 7.31. The Morgan fingerprint density at radius 3 is 3.11 bits per heavy atom. The number of hydrogen-bond donors (Lipinski definition) is 1. The van der Waals surface area contributed by atoms with Crippen LogP contribution in [0.25, 0.3) is 0 Å². The summed E-state index contributed by atoms with van der Waals surface area (Å²) in [7, 11) is 1.65. The van der Waals surface area contributed by atoms with Crippen LogP contribution in [0, 0.1) is 0 Å². The van der Waals surface area contributed by atoms with Crippen molar-refractivity contribution in [3.05, 3.63) is 23.9 Å². The molecule has 2 unspecified atom stereocenters. The molecule has 0 aromatic carbocycles. The van der Waals surface area contributed by atoms with Gasteiger partial charge in [0.05, 0.1) is 7.11 Å². The fourth-order valence-corrected chi connectivity index (χ4v) is 3.31. The standard InChI is InChI=1S/C15H23N3O/c1-19-15-5-4-12(11-17-15)10-16-13-6-8-18-7-2-3-14(18)9-13/h4-5,11,13-14,16H,2-3,6-10H2,1H3. The molecule has 2 atom stereocenters. The molecular formula is C15H23N3O. The van der Waals surface area contributed by atoms with Gasteiger partial charge in [-0.2, -0.15) is 0 Å². The summed E-state index contributed by atoms with van der Waals surface area (Å²) in [6.45, 7) is 3.50. The summed E-state index contributed by atoms with van der Waals surface area (Å²) in [4.78, 5) is 6.90. The minimum atomic E-state index is 0.668. The number of nitrogens with one attached hydrogen (secondary N) is 1. The van der Waals surface area contributed by atoms with E-state index in [4.69, 9.17) is 4.74 Å². The van der Waals surface area contributed by atoms with E-state index in [-0.39, 0.29) is 0 Å². The summed E-state index contributed by atoms with van der Waals surface area (Å²) < 4.78 is 5.07. The van der Waals surface area contributed by atoms with Gasteiger partial charge >= 0.3 is 0 Å². The van der Waals surface area contributed by atoms with E-state index >= 15 is 0 Å². The first kappa shape index (κ1) is 12.9. The lowest BCUT2D eigenvalue weighted by Gasteiger charge is -2.35. The van der Waals surface area contributed by atoms with Crippen molar-refractivity contribution in [3.8, 4) is 5.88 Å². The van der Waals surface area contributed by atoms with Gasteiger partial charge in [-0.15, -0.1) is 0 Å². The number of methoxy groups -OCH3 is 1. The summed E-state index contributed by atoms with van der Waals surface area (Å²) in [5.74, 6) is 0.683. The average Bonchev–Trinajstić information content (AvgIpc) is 2.93. The second-order valence-electron chi connectivity index (χ2n) is 5.64. The molecule has 0 amide bonds. The summed E-state index contributed by atoms with van der Waals surface area (Å²) >= 11 is 0. The normalized spacial score (nSPS) is 27.2. The highest BCUT2D eigenvalue weighted by molar-refractivity contribution is 5.17. The van der Waals surface area contributed by atoms with Crippen molar-refractivity contribution in [2.24, 2.45) is 0 Å². The molecule has 19 heavy (non-hydrogen) atoms. The Hall–Kier alpha value is -1.13. The second-order valence-corrected chi connectivity index (χ2v) is 5.64. The molecule has 0 aliphatic carbocycles. The van der Waals surface area contributed by atoms with Crippen LogP contribution in [0.2, 0.25) is 0 Å². The monoisotopic (exact) mass is 261 g/mol. The van der Waals surface area contributed by atoms with E-state index in [1.807, 2.05) is 12.3 Å². The lowest BCUT2D eigenvalue weighted by Crippen LogP contribution is -2.45. The smallest absolute Gasteiger partial charge is 0.212 e. The van der Waals surface area contributed by atoms with Gasteiger partial charge in [-0.05, 0) is 44.3 Å². The van der Waals surface area contributed by atoms with Crippen molar-refractivity contribution in [2.45, 2.75) is 44.3 Å². The van der Waals surface area contributed by atoms with E-state index < -0.39 is 0 Å². The van der Waals surface area contributed by atoms with Crippen molar-refractivity contribution in [3.63, 3.8) is 0 Å². The molecule has 4 heteroatoms. The van der Waals surface area contributed by atoms with Gasteiger partial charge < -0.3 is 15.0 Å². The maximum Gasteiger partial charge on any atom is 0.212 e. The molecule has 3 rings (SSSR count). The van der Waals surface area contributed by atoms with Crippen LogP contribution < -0.4 is 10.1 Å². The third-order valence-corrected chi connectivity index (χ3v) is 4.42. The topological polar surface area (TPSA) is 37.4 Å². The Morgan fingerprint density at radius 1 is 1.37 bits per heavy atom. The zero-order chi connectivity index (χ0) is 13.1. The fourth-order valence-electron chi connectivity index (χ4n) is 3.31. The first-order chi connectivity index (χ1) is 9.35. The Balaban J connectivity index is 1.49. The van der Waals surface area contributed by atoms with Gasteiger partial charge in [0.25, 0.3) is 0 Å². The lowest BCUT2D eigenvalue weighted by molar-refractivity contribution is 0.166. The summed E-state index contributed by atoms with van der Waals surface area (Å²) in [6, 6.07) is 5.52. The number of aromatic nitrogens is 1. The van der Waals surface area contributed by atoms with Gasteiger partial charge in [-0.3, -0.25) is 0 Å². The Bertz CT molecular complexity index is 406. The maximum atomic E-state index is 5.07. The quantitative estimate of drug-likeness (QED) is 0.897. The number of pyridine rings is 1. The van der Waals surface area contributed by atoms with Gasteiger partial charge in [0.2, 0.25) is 5.88 Å². The van der Waals surface area contributed by atoms with E-state index in [2.05, 4.69) is 21.3 Å². The lowest BCUT2D eigenvalue weighted by atomic mass is 9.97. The molecular weight excluding hydrogens is 238 g/mol. The molecule has 1 N–H and O–H groups in total. The van der Waals surface area contributed by atoms with Crippen LogP contribution in [0.15, 0.2) is 18.3 Å². The van der Waals surface area contributed by atoms with Crippen LogP contribution in [-0.4, -0.2) is 42.2 Å². The van der Waals surface area contributed by atoms with E-state index in [1.54, 1.807) is 7.11 Å². The zero-order valence-electron chi connectivity index (χ0n) is 11.6. The molecule has 0 radical (unpaired) electrons. The van der Waals surface area contributed by atoms with Crippen LogP contribution in [0.4, 0.5) is 0 Å². The summed E-state index contributed by atoms with van der Waals surface area (Å²) in [5, 5.41) is 3.68. The van der Waals surface area contributed by atoms with Gasteiger partial charge in [0.1, 0.15) is 0 Å². The number of nitrogens with zero attached hydrogens (tertiary/aromatic N) is 2. The first-order valence-electron chi connectivity index (χ1n) is 7.31. The Kier molecular flexibility index (Phi) is 3.99. The second kappa shape index (κ2) is 5.88. The molecule has 2 aliphatic rings. The molecule has 4 nitrogen and oxygen atoms in total. The van der Waals surface area contributed by atoms with Crippen molar-refractivity contribution < 1.29 is 4.74 Å². The molecule has 0 saturated carbocycles. The molecule has 2 fully saturated rings. The number of ether oxygens (including phenoxy) is 1. The number of piperidine rings is 1. The molecule has 0 spiro atoms. The Labute approximate surface area is 115 Å². The SMILES string of the molecule is COc1ccc(CNC2CCN3CCCC3C2)cn1. The van der Waals surface area contributed by atoms with E-state index in [1.165, 1.54) is 44.3 Å². The van der Waals surface area contributed by atoms with Crippen LogP contribution >= 0.6 is 0 Å². The third kappa shape index (κ3) is 3.07. The van der Waals surface area contributed by atoms with Crippen LogP contribution in [0.1, 0.15) is 31.2 Å². The van der Waals surface area contributed by atoms with E-state index in [9.17, 15) is 0 Å². The van der Waals surface area contributed by atoms with Gasteiger partial charge in [-0.1, -0.05) is 6.07 Å². The van der Waals surface area contributed by atoms with Crippen LogP contribution in [0.5, 0.6) is 5.88 Å². The third-order valence-electron chi connectivity index (χ3n) is 4.42. The molecule has 3 heterocycles. The average molecular weight is 261 g/mol. The minimum absolute atomic E-state index is 0.668. The number of rotatable bonds is 4. The van der Waals surface area contributed by atoms with Crippen molar-refractivity contribution in [1.29, 1.82) is 0 Å². The fraction of sp³-hybridized carbons (Fsp3) is 0.667.